The van der Waals surface area contributed by atoms with Crippen molar-refractivity contribution in [3.05, 3.63) is 72.0 Å². The fourth-order valence-electron chi connectivity index (χ4n) is 3.59. The molecule has 0 aromatic heterocycles. The third kappa shape index (κ3) is 4.76. The summed E-state index contributed by atoms with van der Waals surface area (Å²) in [5.41, 5.74) is 0.575. The van der Waals surface area contributed by atoms with Gasteiger partial charge < -0.3 is 19.5 Å². The van der Waals surface area contributed by atoms with Crippen molar-refractivity contribution in [3.63, 3.8) is 0 Å². The maximum absolute atomic E-state index is 13.2. The minimum Gasteiger partial charge on any atom is -0.493 e. The van der Waals surface area contributed by atoms with E-state index in [9.17, 15) is 9.18 Å². The Hall–Kier alpha value is -2.96. The number of halogens is 1. The topological polar surface area (TPSA) is 56.8 Å². The second kappa shape index (κ2) is 9.27. The first-order valence-corrected chi connectivity index (χ1v) is 10.8. The molecule has 0 radical (unpaired) electrons. The zero-order chi connectivity index (χ0) is 22.7. The summed E-state index contributed by atoms with van der Waals surface area (Å²) in [7, 11) is 0. The summed E-state index contributed by atoms with van der Waals surface area (Å²) in [5, 5.41) is 4.90. The molecule has 6 heteroatoms. The molecule has 1 N–H and O–H groups in total. The number of carbonyl (C=O) groups excluding carboxylic acids is 1. The summed E-state index contributed by atoms with van der Waals surface area (Å²) in [4.78, 5) is 13.2. The molecule has 1 aliphatic rings. The summed E-state index contributed by atoms with van der Waals surface area (Å²) < 4.78 is 30.8. The molecular formula is C26H28FNO4. The van der Waals surface area contributed by atoms with Gasteiger partial charge in [-0.1, -0.05) is 50.2 Å². The van der Waals surface area contributed by atoms with Crippen LogP contribution >= 0.6 is 0 Å². The van der Waals surface area contributed by atoms with Gasteiger partial charge in [-0.05, 0) is 37.1 Å². The van der Waals surface area contributed by atoms with E-state index in [0.29, 0.717) is 18.2 Å². The molecule has 0 unspecified atom stereocenters. The number of rotatable bonds is 6. The first-order chi connectivity index (χ1) is 15.4. The zero-order valence-electron chi connectivity index (χ0n) is 18.6. The molecular weight excluding hydrogens is 409 g/mol. The SMILES string of the molecule is CC(C)COc1ccc(NC(=O)C2(C)COC(c3ccc(F)cc3)OC2)c2ccccc12. The van der Waals surface area contributed by atoms with Crippen LogP contribution in [0.2, 0.25) is 0 Å². The molecule has 168 valence electrons. The first-order valence-electron chi connectivity index (χ1n) is 10.8. The van der Waals surface area contributed by atoms with Gasteiger partial charge in [0.2, 0.25) is 5.91 Å². The number of nitrogens with one attached hydrogen (secondary N) is 1. The second-order valence-corrected chi connectivity index (χ2v) is 8.88. The van der Waals surface area contributed by atoms with Crippen LogP contribution in [0, 0.1) is 17.2 Å². The molecule has 1 aliphatic heterocycles. The highest BCUT2D eigenvalue weighted by Crippen LogP contribution is 2.35. The Labute approximate surface area is 187 Å². The lowest BCUT2D eigenvalue weighted by Crippen LogP contribution is -2.45. The fraction of sp³-hybridized carbons (Fsp3) is 0.346. The van der Waals surface area contributed by atoms with Crippen LogP contribution in [0.1, 0.15) is 32.6 Å². The van der Waals surface area contributed by atoms with Crippen LogP contribution in [0.25, 0.3) is 10.8 Å². The summed E-state index contributed by atoms with van der Waals surface area (Å²) in [6.45, 7) is 7.02. The number of benzene rings is 3. The normalized spacial score (nSPS) is 21.0. The van der Waals surface area contributed by atoms with Crippen molar-refractivity contribution < 1.29 is 23.4 Å². The monoisotopic (exact) mass is 437 g/mol. The van der Waals surface area contributed by atoms with Crippen molar-refractivity contribution in [3.8, 4) is 5.75 Å². The standard InChI is InChI=1S/C26H28FNO4/c1-17(2)14-30-23-13-12-22(20-6-4-5-7-21(20)23)28-25(29)26(3)15-31-24(32-16-26)18-8-10-19(27)11-9-18/h4-13,17,24H,14-16H2,1-3H3,(H,28,29). The number of anilines is 1. The van der Waals surface area contributed by atoms with Gasteiger partial charge in [0.05, 0.1) is 25.2 Å². The highest BCUT2D eigenvalue weighted by atomic mass is 19.1. The van der Waals surface area contributed by atoms with E-state index >= 15 is 0 Å². The number of hydrogen-bond acceptors (Lipinski definition) is 4. The van der Waals surface area contributed by atoms with Gasteiger partial charge in [-0.3, -0.25) is 4.79 Å². The predicted molar refractivity (Wildman–Crippen MR) is 122 cm³/mol. The molecule has 1 amide bonds. The smallest absolute Gasteiger partial charge is 0.235 e. The van der Waals surface area contributed by atoms with Crippen molar-refractivity contribution in [1.29, 1.82) is 0 Å². The van der Waals surface area contributed by atoms with E-state index in [-0.39, 0.29) is 24.9 Å². The lowest BCUT2D eigenvalue weighted by molar-refractivity contribution is -0.226. The molecule has 3 aromatic carbocycles. The predicted octanol–water partition coefficient (Wildman–Crippen LogP) is 5.70. The second-order valence-electron chi connectivity index (χ2n) is 8.88. The number of ether oxygens (including phenoxy) is 3. The highest BCUT2D eigenvalue weighted by molar-refractivity contribution is 6.05. The molecule has 1 saturated heterocycles. The summed E-state index contributed by atoms with van der Waals surface area (Å²) in [5.74, 6) is 0.709. The van der Waals surface area contributed by atoms with Crippen LogP contribution < -0.4 is 10.1 Å². The molecule has 32 heavy (non-hydrogen) atoms. The number of fused-ring (bicyclic) bond motifs is 1. The highest BCUT2D eigenvalue weighted by Gasteiger charge is 2.40. The van der Waals surface area contributed by atoms with Gasteiger partial charge in [-0.25, -0.2) is 4.39 Å². The average molecular weight is 438 g/mol. The van der Waals surface area contributed by atoms with Gasteiger partial charge in [0, 0.05) is 22.0 Å². The summed E-state index contributed by atoms with van der Waals surface area (Å²) in [6.07, 6.45) is -0.616. The Balaban J connectivity index is 1.48. The van der Waals surface area contributed by atoms with E-state index in [0.717, 1.165) is 22.1 Å². The number of amides is 1. The molecule has 1 heterocycles. The summed E-state index contributed by atoms with van der Waals surface area (Å²) in [6, 6.07) is 17.6. The van der Waals surface area contributed by atoms with Crippen LogP contribution in [0.3, 0.4) is 0 Å². The Morgan fingerprint density at radius 3 is 2.38 bits per heavy atom. The third-order valence-electron chi connectivity index (χ3n) is 5.50. The van der Waals surface area contributed by atoms with Crippen LogP contribution in [0.5, 0.6) is 5.75 Å². The molecule has 3 aromatic rings. The Morgan fingerprint density at radius 2 is 1.72 bits per heavy atom. The van der Waals surface area contributed by atoms with E-state index in [2.05, 4.69) is 19.2 Å². The van der Waals surface area contributed by atoms with E-state index < -0.39 is 11.7 Å². The maximum atomic E-state index is 13.2. The maximum Gasteiger partial charge on any atom is 0.235 e. The van der Waals surface area contributed by atoms with Gasteiger partial charge in [0.15, 0.2) is 6.29 Å². The van der Waals surface area contributed by atoms with E-state index in [1.807, 2.05) is 43.3 Å². The van der Waals surface area contributed by atoms with Crippen molar-refractivity contribution in [1.82, 2.24) is 0 Å². The van der Waals surface area contributed by atoms with Crippen molar-refractivity contribution in [2.45, 2.75) is 27.1 Å². The number of carbonyl (C=O) groups is 1. The average Bonchev–Trinajstić information content (AvgIpc) is 2.79. The van der Waals surface area contributed by atoms with Crippen LogP contribution in [0.15, 0.2) is 60.7 Å². The molecule has 0 spiro atoms. The minimum atomic E-state index is -0.857. The van der Waals surface area contributed by atoms with Crippen LogP contribution in [-0.4, -0.2) is 25.7 Å². The van der Waals surface area contributed by atoms with Gasteiger partial charge in [-0.15, -0.1) is 0 Å². The molecule has 0 bridgehead atoms. The Bertz CT molecular complexity index is 1090. The van der Waals surface area contributed by atoms with E-state index in [4.69, 9.17) is 14.2 Å². The minimum absolute atomic E-state index is 0.184. The molecule has 5 nitrogen and oxygen atoms in total. The molecule has 0 atom stereocenters. The van der Waals surface area contributed by atoms with E-state index in [1.165, 1.54) is 12.1 Å². The zero-order valence-corrected chi connectivity index (χ0v) is 18.6. The Kier molecular flexibility index (Phi) is 6.44. The molecule has 4 rings (SSSR count). The van der Waals surface area contributed by atoms with Crippen LogP contribution in [0.4, 0.5) is 10.1 Å². The first kappa shape index (κ1) is 22.2. The Morgan fingerprint density at radius 1 is 1.06 bits per heavy atom. The van der Waals surface area contributed by atoms with Gasteiger partial charge in [0.25, 0.3) is 0 Å². The van der Waals surface area contributed by atoms with Crippen molar-refractivity contribution in [2.75, 3.05) is 25.1 Å². The lowest BCUT2D eigenvalue weighted by atomic mass is 9.90. The quantitative estimate of drug-likeness (QED) is 0.537. The lowest BCUT2D eigenvalue weighted by Gasteiger charge is -2.36. The van der Waals surface area contributed by atoms with Gasteiger partial charge >= 0.3 is 0 Å². The largest absolute Gasteiger partial charge is 0.493 e. The molecule has 0 aliphatic carbocycles. The van der Waals surface area contributed by atoms with E-state index in [1.54, 1.807) is 12.1 Å². The van der Waals surface area contributed by atoms with Gasteiger partial charge in [0.1, 0.15) is 11.6 Å². The van der Waals surface area contributed by atoms with Crippen LogP contribution in [-0.2, 0) is 14.3 Å². The van der Waals surface area contributed by atoms with Crippen molar-refractivity contribution >= 4 is 22.4 Å². The third-order valence-corrected chi connectivity index (χ3v) is 5.50. The summed E-state index contributed by atoms with van der Waals surface area (Å²) >= 11 is 0. The fourth-order valence-corrected chi connectivity index (χ4v) is 3.59. The molecule has 1 fully saturated rings. The molecule has 0 saturated carbocycles. The van der Waals surface area contributed by atoms with Crippen molar-refractivity contribution in [2.24, 2.45) is 11.3 Å². The van der Waals surface area contributed by atoms with Gasteiger partial charge in [-0.2, -0.15) is 0 Å². The number of hydrogen-bond donors (Lipinski definition) is 1.